The number of aromatic nitrogens is 1. The van der Waals surface area contributed by atoms with Gasteiger partial charge in [0.25, 0.3) is 11.8 Å². The second kappa shape index (κ2) is 7.62. The quantitative estimate of drug-likeness (QED) is 0.660. The number of nitrogens with one attached hydrogen (secondary N) is 1. The van der Waals surface area contributed by atoms with Crippen molar-refractivity contribution in [3.8, 4) is 0 Å². The molecule has 28 heavy (non-hydrogen) atoms. The molecule has 0 fully saturated rings. The van der Waals surface area contributed by atoms with E-state index < -0.39 is 6.04 Å². The largest absolute Gasteiger partial charge is 0.324 e. The number of rotatable bonds is 3. The van der Waals surface area contributed by atoms with Crippen LogP contribution >= 0.6 is 23.2 Å². The number of halogens is 2. The number of carbonyl (C=O) groups is 2. The predicted molar refractivity (Wildman–Crippen MR) is 108 cm³/mol. The highest BCUT2D eigenvalue weighted by Gasteiger charge is 2.43. The highest BCUT2D eigenvalue weighted by Crippen LogP contribution is 2.30. The third-order valence-electron chi connectivity index (χ3n) is 4.55. The molecule has 0 radical (unpaired) electrons. The summed E-state index contributed by atoms with van der Waals surface area (Å²) in [5.74, 6) is -0.493. The van der Waals surface area contributed by atoms with Crippen molar-refractivity contribution in [3.05, 3.63) is 88.7 Å². The van der Waals surface area contributed by atoms with Crippen molar-refractivity contribution >= 4 is 46.4 Å². The monoisotopic (exact) mass is 412 g/mol. The van der Waals surface area contributed by atoms with Crippen molar-refractivity contribution < 1.29 is 14.2 Å². The summed E-state index contributed by atoms with van der Waals surface area (Å²) >= 11 is 11.9. The second-order valence-electron chi connectivity index (χ2n) is 6.39. The molecule has 3 aromatic rings. The van der Waals surface area contributed by atoms with Gasteiger partial charge >= 0.3 is 0 Å². The molecule has 1 aliphatic heterocycles. The number of hydrogen-bond acceptors (Lipinski definition) is 2. The van der Waals surface area contributed by atoms with Crippen molar-refractivity contribution in [3.63, 3.8) is 0 Å². The van der Waals surface area contributed by atoms with Gasteiger partial charge in [-0.25, -0.2) is 0 Å². The van der Waals surface area contributed by atoms with Gasteiger partial charge in [-0.2, -0.15) is 4.57 Å². The van der Waals surface area contributed by atoms with E-state index in [1.165, 1.54) is 4.90 Å². The SMILES string of the molecule is O=C(Nc1ccc(Cl)cc1)[C@H]1c2cccc[n+]2CC(=O)N1c1ccc(Cl)cc1. The fourth-order valence-electron chi connectivity index (χ4n) is 3.27. The molecule has 2 amide bonds. The molecule has 4 rings (SSSR count). The van der Waals surface area contributed by atoms with Crippen LogP contribution in [-0.4, -0.2) is 11.8 Å². The zero-order valence-corrected chi connectivity index (χ0v) is 16.2. The summed E-state index contributed by atoms with van der Waals surface area (Å²) in [6, 6.07) is 18.4. The van der Waals surface area contributed by atoms with Crippen LogP contribution in [0.15, 0.2) is 72.9 Å². The van der Waals surface area contributed by atoms with E-state index in [0.717, 1.165) is 5.69 Å². The molecule has 1 N–H and O–H groups in total. The number of anilines is 2. The van der Waals surface area contributed by atoms with Gasteiger partial charge in [0, 0.05) is 33.6 Å². The Balaban J connectivity index is 1.75. The van der Waals surface area contributed by atoms with Gasteiger partial charge in [-0.05, 0) is 48.5 Å². The molecule has 0 saturated heterocycles. The Kier molecular flexibility index (Phi) is 5.03. The van der Waals surface area contributed by atoms with Crippen molar-refractivity contribution in [1.29, 1.82) is 0 Å². The van der Waals surface area contributed by atoms with E-state index in [0.29, 0.717) is 21.4 Å². The summed E-state index contributed by atoms with van der Waals surface area (Å²) in [5, 5.41) is 4.02. The normalized spacial score (nSPS) is 15.9. The zero-order chi connectivity index (χ0) is 19.7. The predicted octanol–water partition coefficient (Wildman–Crippen LogP) is 4.01. The van der Waals surface area contributed by atoms with E-state index in [2.05, 4.69) is 5.32 Å². The van der Waals surface area contributed by atoms with Gasteiger partial charge in [-0.3, -0.25) is 14.5 Å². The maximum absolute atomic E-state index is 13.2. The van der Waals surface area contributed by atoms with Crippen molar-refractivity contribution in [2.75, 3.05) is 10.2 Å². The Hall–Kier alpha value is -2.89. The molecule has 2 aromatic carbocycles. The van der Waals surface area contributed by atoms with Gasteiger partial charge in [-0.15, -0.1) is 0 Å². The molecule has 7 heteroatoms. The molecule has 0 aliphatic carbocycles. The minimum Gasteiger partial charge on any atom is -0.324 e. The maximum atomic E-state index is 13.2. The molecule has 1 aromatic heterocycles. The summed E-state index contributed by atoms with van der Waals surface area (Å²) in [4.78, 5) is 27.7. The number of nitrogens with zero attached hydrogens (tertiary/aromatic N) is 2. The molecular formula is C21H16Cl2N3O2+. The number of pyridine rings is 1. The van der Waals surface area contributed by atoms with E-state index in [9.17, 15) is 9.59 Å². The fraction of sp³-hybridized carbons (Fsp3) is 0.0952. The van der Waals surface area contributed by atoms with Crippen LogP contribution in [0.4, 0.5) is 11.4 Å². The first kappa shape index (κ1) is 18.5. The minimum absolute atomic E-state index is 0.156. The second-order valence-corrected chi connectivity index (χ2v) is 7.27. The Bertz CT molecular complexity index is 1040. The smallest absolute Gasteiger partial charge is 0.294 e. The average Bonchev–Trinajstić information content (AvgIpc) is 2.69. The zero-order valence-electron chi connectivity index (χ0n) is 14.7. The highest BCUT2D eigenvalue weighted by molar-refractivity contribution is 6.31. The molecule has 0 unspecified atom stereocenters. The number of carbonyl (C=O) groups excluding carboxylic acids is 2. The number of hydrogen-bond donors (Lipinski definition) is 1. The van der Waals surface area contributed by atoms with Crippen molar-refractivity contribution in [1.82, 2.24) is 0 Å². The lowest BCUT2D eigenvalue weighted by molar-refractivity contribution is -0.695. The topological polar surface area (TPSA) is 53.3 Å². The number of fused-ring (bicyclic) bond motifs is 1. The Morgan fingerprint density at radius 1 is 0.964 bits per heavy atom. The average molecular weight is 413 g/mol. The van der Waals surface area contributed by atoms with Crippen LogP contribution in [0.2, 0.25) is 10.0 Å². The van der Waals surface area contributed by atoms with Crippen molar-refractivity contribution in [2.45, 2.75) is 12.6 Å². The van der Waals surface area contributed by atoms with E-state index in [1.807, 2.05) is 18.2 Å². The molecule has 1 atom stereocenters. The summed E-state index contributed by atoms with van der Waals surface area (Å²) < 4.78 is 1.79. The van der Waals surface area contributed by atoms with Crippen LogP contribution in [0.5, 0.6) is 0 Å². The number of amides is 2. The lowest BCUT2D eigenvalue weighted by Crippen LogP contribution is -2.58. The van der Waals surface area contributed by atoms with Crippen LogP contribution in [-0.2, 0) is 16.1 Å². The molecule has 0 spiro atoms. The van der Waals surface area contributed by atoms with Gasteiger partial charge in [0.15, 0.2) is 6.20 Å². The first-order valence-electron chi connectivity index (χ1n) is 8.65. The molecule has 1 aliphatic rings. The van der Waals surface area contributed by atoms with E-state index in [-0.39, 0.29) is 18.4 Å². The summed E-state index contributed by atoms with van der Waals surface area (Å²) in [7, 11) is 0. The van der Waals surface area contributed by atoms with Crippen LogP contribution < -0.4 is 14.8 Å². The Labute approximate surface area is 172 Å². The summed E-state index contributed by atoms with van der Waals surface area (Å²) in [5.41, 5.74) is 1.94. The summed E-state index contributed by atoms with van der Waals surface area (Å²) in [6.07, 6.45) is 1.80. The van der Waals surface area contributed by atoms with Crippen LogP contribution in [0.1, 0.15) is 11.7 Å². The minimum atomic E-state index is -0.820. The molecule has 5 nitrogen and oxygen atoms in total. The lowest BCUT2D eigenvalue weighted by atomic mass is 10.0. The standard InChI is InChI=1S/C21H15Cl2N3O2/c22-14-4-8-16(9-5-14)24-21(28)20-18-3-1-2-12-25(18)13-19(27)26(20)17-10-6-15(23)7-11-17/h1-12,20H,13H2/p+1/t20-/m1/s1. The summed E-state index contributed by atoms with van der Waals surface area (Å²) in [6.45, 7) is 0.156. The van der Waals surface area contributed by atoms with Crippen molar-refractivity contribution in [2.24, 2.45) is 0 Å². The lowest BCUT2D eigenvalue weighted by Gasteiger charge is -2.32. The first-order chi connectivity index (χ1) is 13.5. The highest BCUT2D eigenvalue weighted by atomic mass is 35.5. The van der Waals surface area contributed by atoms with Crippen LogP contribution in [0, 0.1) is 0 Å². The molecular weight excluding hydrogens is 397 g/mol. The first-order valence-corrected chi connectivity index (χ1v) is 9.41. The van der Waals surface area contributed by atoms with Gasteiger partial charge in [0.1, 0.15) is 0 Å². The molecule has 0 saturated carbocycles. The van der Waals surface area contributed by atoms with E-state index in [1.54, 1.807) is 59.3 Å². The van der Waals surface area contributed by atoms with Gasteiger partial charge in [0.2, 0.25) is 18.3 Å². The third-order valence-corrected chi connectivity index (χ3v) is 5.06. The molecule has 2 heterocycles. The van der Waals surface area contributed by atoms with Gasteiger partial charge in [-0.1, -0.05) is 29.3 Å². The van der Waals surface area contributed by atoms with Gasteiger partial charge in [0.05, 0.1) is 0 Å². The Morgan fingerprint density at radius 3 is 2.29 bits per heavy atom. The fourth-order valence-corrected chi connectivity index (χ4v) is 3.52. The molecule has 0 bridgehead atoms. The third kappa shape index (κ3) is 3.59. The molecule has 140 valence electrons. The van der Waals surface area contributed by atoms with E-state index >= 15 is 0 Å². The van der Waals surface area contributed by atoms with Crippen LogP contribution in [0.25, 0.3) is 0 Å². The van der Waals surface area contributed by atoms with E-state index in [4.69, 9.17) is 23.2 Å². The number of benzene rings is 2. The maximum Gasteiger partial charge on any atom is 0.294 e. The Morgan fingerprint density at radius 2 is 1.61 bits per heavy atom. The van der Waals surface area contributed by atoms with Crippen LogP contribution in [0.3, 0.4) is 0 Å². The van der Waals surface area contributed by atoms with Gasteiger partial charge < -0.3 is 5.32 Å².